The molecule has 0 aliphatic carbocycles. The molecule has 0 radical (unpaired) electrons. The zero-order valence-corrected chi connectivity index (χ0v) is 20.5. The zero-order valence-electron chi connectivity index (χ0n) is 19.7. The van der Waals surface area contributed by atoms with Gasteiger partial charge < -0.3 is 19.7 Å². The molecule has 2 fully saturated rings. The van der Waals surface area contributed by atoms with E-state index in [1.54, 1.807) is 36.1 Å². The second kappa shape index (κ2) is 11.7. The summed E-state index contributed by atoms with van der Waals surface area (Å²) in [5.74, 6) is -1.31. The van der Waals surface area contributed by atoms with Crippen LogP contribution in [0.15, 0.2) is 29.2 Å². The summed E-state index contributed by atoms with van der Waals surface area (Å²) in [5, 5.41) is 2.84. The molecule has 3 rings (SSSR count). The summed E-state index contributed by atoms with van der Waals surface area (Å²) >= 11 is 0. The summed E-state index contributed by atoms with van der Waals surface area (Å²) < 4.78 is 37.2. The van der Waals surface area contributed by atoms with Crippen LogP contribution in [0, 0.1) is 12.8 Å². The van der Waals surface area contributed by atoms with E-state index < -0.39 is 21.9 Å². The SMILES string of the molecule is CCOC(=O)N1CCC(NC(=O)COC(=O)C2CCN(S(=O)(=O)c3ccc(C)cc3)CC2)CC1. The summed E-state index contributed by atoms with van der Waals surface area (Å²) in [6.45, 7) is 5.02. The average molecular weight is 496 g/mol. The van der Waals surface area contributed by atoms with E-state index in [-0.39, 0.29) is 42.6 Å². The molecule has 0 aromatic heterocycles. The first-order valence-electron chi connectivity index (χ1n) is 11.6. The third-order valence-corrected chi connectivity index (χ3v) is 8.09. The van der Waals surface area contributed by atoms with Crippen LogP contribution in [0.5, 0.6) is 0 Å². The summed E-state index contributed by atoms with van der Waals surface area (Å²) in [7, 11) is -3.60. The van der Waals surface area contributed by atoms with Crippen LogP contribution in [0.25, 0.3) is 0 Å². The minimum absolute atomic E-state index is 0.0907. The highest BCUT2D eigenvalue weighted by molar-refractivity contribution is 7.89. The first kappa shape index (κ1) is 26.0. The predicted octanol–water partition coefficient (Wildman–Crippen LogP) is 1.68. The van der Waals surface area contributed by atoms with Crippen molar-refractivity contribution < 1.29 is 32.3 Å². The van der Waals surface area contributed by atoms with Gasteiger partial charge in [-0.05, 0) is 51.7 Å². The van der Waals surface area contributed by atoms with Crippen molar-refractivity contribution in [3.8, 4) is 0 Å². The molecular formula is C23H33N3O7S. The van der Waals surface area contributed by atoms with Crippen molar-refractivity contribution in [3.63, 3.8) is 0 Å². The van der Waals surface area contributed by atoms with Gasteiger partial charge in [-0.25, -0.2) is 13.2 Å². The number of amides is 2. The van der Waals surface area contributed by atoms with Crippen LogP contribution in [-0.2, 0) is 29.1 Å². The number of piperidine rings is 2. The maximum absolute atomic E-state index is 12.8. The Bertz CT molecular complexity index is 965. The number of aryl methyl sites for hydroxylation is 1. The third-order valence-electron chi connectivity index (χ3n) is 6.18. The van der Waals surface area contributed by atoms with Crippen LogP contribution in [0.2, 0.25) is 0 Å². The molecular weight excluding hydrogens is 462 g/mol. The van der Waals surface area contributed by atoms with Crippen molar-refractivity contribution >= 4 is 28.0 Å². The second-order valence-electron chi connectivity index (χ2n) is 8.63. The van der Waals surface area contributed by atoms with E-state index in [0.29, 0.717) is 45.4 Å². The molecule has 2 saturated heterocycles. The van der Waals surface area contributed by atoms with Crippen LogP contribution in [0.3, 0.4) is 0 Å². The van der Waals surface area contributed by atoms with Gasteiger partial charge in [0, 0.05) is 32.2 Å². The average Bonchev–Trinajstić information content (AvgIpc) is 2.83. The van der Waals surface area contributed by atoms with Crippen molar-refractivity contribution in [3.05, 3.63) is 29.8 Å². The molecule has 2 heterocycles. The lowest BCUT2D eigenvalue weighted by atomic mass is 9.98. The fourth-order valence-electron chi connectivity index (χ4n) is 4.14. The number of esters is 1. The molecule has 34 heavy (non-hydrogen) atoms. The Morgan fingerprint density at radius 2 is 1.59 bits per heavy atom. The van der Waals surface area contributed by atoms with E-state index >= 15 is 0 Å². The Balaban J connectivity index is 1.38. The number of carbonyl (C=O) groups excluding carboxylic acids is 3. The summed E-state index contributed by atoms with van der Waals surface area (Å²) in [6.07, 6.45) is 1.55. The number of benzene rings is 1. The predicted molar refractivity (Wildman–Crippen MR) is 123 cm³/mol. The van der Waals surface area contributed by atoms with E-state index in [1.165, 1.54) is 4.31 Å². The fourth-order valence-corrected chi connectivity index (χ4v) is 5.61. The molecule has 0 saturated carbocycles. The first-order valence-corrected chi connectivity index (χ1v) is 13.1. The number of hydrogen-bond donors (Lipinski definition) is 1. The van der Waals surface area contributed by atoms with Gasteiger partial charge in [0.25, 0.3) is 5.91 Å². The molecule has 0 spiro atoms. The molecule has 188 valence electrons. The Kier molecular flexibility index (Phi) is 8.90. The normalized spacial score (nSPS) is 18.4. The van der Waals surface area contributed by atoms with Gasteiger partial charge in [-0.1, -0.05) is 17.7 Å². The monoisotopic (exact) mass is 495 g/mol. The molecule has 0 bridgehead atoms. The molecule has 2 aliphatic heterocycles. The number of ether oxygens (including phenoxy) is 2. The van der Waals surface area contributed by atoms with Crippen molar-refractivity contribution in [2.24, 2.45) is 5.92 Å². The molecule has 0 unspecified atom stereocenters. The molecule has 2 amide bonds. The fraction of sp³-hybridized carbons (Fsp3) is 0.609. The van der Waals surface area contributed by atoms with Crippen molar-refractivity contribution in [2.75, 3.05) is 39.4 Å². The highest BCUT2D eigenvalue weighted by atomic mass is 32.2. The number of likely N-dealkylation sites (tertiary alicyclic amines) is 1. The highest BCUT2D eigenvalue weighted by Crippen LogP contribution is 2.25. The maximum Gasteiger partial charge on any atom is 0.409 e. The first-order chi connectivity index (χ1) is 16.2. The highest BCUT2D eigenvalue weighted by Gasteiger charge is 2.33. The number of nitrogens with one attached hydrogen (secondary N) is 1. The van der Waals surface area contributed by atoms with E-state index in [2.05, 4.69) is 5.32 Å². The van der Waals surface area contributed by atoms with Crippen molar-refractivity contribution in [1.82, 2.24) is 14.5 Å². The van der Waals surface area contributed by atoms with E-state index in [9.17, 15) is 22.8 Å². The summed E-state index contributed by atoms with van der Waals surface area (Å²) in [4.78, 5) is 38.2. The number of sulfonamides is 1. The van der Waals surface area contributed by atoms with E-state index in [4.69, 9.17) is 9.47 Å². The number of carbonyl (C=O) groups is 3. The zero-order chi connectivity index (χ0) is 24.7. The van der Waals surface area contributed by atoms with Gasteiger partial charge in [0.05, 0.1) is 17.4 Å². The Labute approximate surface area is 200 Å². The minimum atomic E-state index is -3.60. The van der Waals surface area contributed by atoms with Gasteiger partial charge >= 0.3 is 12.1 Å². The quantitative estimate of drug-likeness (QED) is 0.571. The minimum Gasteiger partial charge on any atom is -0.455 e. The van der Waals surface area contributed by atoms with Gasteiger partial charge in [-0.3, -0.25) is 9.59 Å². The Hall–Kier alpha value is -2.66. The van der Waals surface area contributed by atoms with Gasteiger partial charge in [-0.15, -0.1) is 0 Å². The lowest BCUT2D eigenvalue weighted by Gasteiger charge is -2.31. The molecule has 0 atom stereocenters. The smallest absolute Gasteiger partial charge is 0.409 e. The van der Waals surface area contributed by atoms with Crippen molar-refractivity contribution in [1.29, 1.82) is 0 Å². The van der Waals surface area contributed by atoms with Crippen LogP contribution < -0.4 is 5.32 Å². The van der Waals surface area contributed by atoms with E-state index in [1.807, 2.05) is 6.92 Å². The Morgan fingerprint density at radius 3 is 2.18 bits per heavy atom. The molecule has 1 aromatic carbocycles. The molecule has 2 aliphatic rings. The molecule has 1 aromatic rings. The Morgan fingerprint density at radius 1 is 0.971 bits per heavy atom. The van der Waals surface area contributed by atoms with Gasteiger partial charge in [0.2, 0.25) is 10.0 Å². The van der Waals surface area contributed by atoms with Gasteiger partial charge in [0.15, 0.2) is 6.61 Å². The van der Waals surface area contributed by atoms with Gasteiger partial charge in [0.1, 0.15) is 0 Å². The molecule has 1 N–H and O–H groups in total. The topological polar surface area (TPSA) is 122 Å². The molecule has 11 heteroatoms. The van der Waals surface area contributed by atoms with Crippen LogP contribution >= 0.6 is 0 Å². The van der Waals surface area contributed by atoms with Crippen molar-refractivity contribution in [2.45, 2.75) is 50.5 Å². The summed E-state index contributed by atoms with van der Waals surface area (Å²) in [6, 6.07) is 6.60. The molecule has 10 nitrogen and oxygen atoms in total. The number of hydrogen-bond acceptors (Lipinski definition) is 7. The number of nitrogens with zero attached hydrogens (tertiary/aromatic N) is 2. The lowest BCUT2D eigenvalue weighted by molar-refractivity contribution is -0.154. The van der Waals surface area contributed by atoms with Gasteiger partial charge in [-0.2, -0.15) is 4.31 Å². The third kappa shape index (κ3) is 6.69. The van der Waals surface area contributed by atoms with Crippen LogP contribution in [0.1, 0.15) is 38.2 Å². The maximum atomic E-state index is 12.8. The largest absolute Gasteiger partial charge is 0.455 e. The van der Waals surface area contributed by atoms with Crippen LogP contribution in [-0.4, -0.2) is 81.0 Å². The lowest BCUT2D eigenvalue weighted by Crippen LogP contribution is -2.47. The summed E-state index contributed by atoms with van der Waals surface area (Å²) in [5.41, 5.74) is 0.978. The number of rotatable bonds is 7. The second-order valence-corrected chi connectivity index (χ2v) is 10.6. The van der Waals surface area contributed by atoms with Crippen LogP contribution in [0.4, 0.5) is 4.79 Å². The standard InChI is InChI=1S/C23H33N3O7S/c1-3-32-23(29)25-12-10-19(11-13-25)24-21(27)16-33-22(28)18-8-14-26(15-9-18)34(30,31)20-6-4-17(2)5-7-20/h4-7,18-19H,3,8-16H2,1-2H3,(H,24,27). The van der Waals surface area contributed by atoms with E-state index in [0.717, 1.165) is 5.56 Å².